The summed E-state index contributed by atoms with van der Waals surface area (Å²) in [7, 11) is 0. The van der Waals surface area contributed by atoms with Gasteiger partial charge in [0.25, 0.3) is 0 Å². The van der Waals surface area contributed by atoms with Gasteiger partial charge in [-0.3, -0.25) is 0 Å². The molecule has 0 amide bonds. The first kappa shape index (κ1) is 19.0. The third kappa shape index (κ3) is 7.15. The molecule has 21 heavy (non-hydrogen) atoms. The molecule has 2 nitrogen and oxygen atoms in total. The third-order valence-corrected chi connectivity index (χ3v) is 4.92. The molecule has 1 atom stereocenters. The van der Waals surface area contributed by atoms with Crippen molar-refractivity contribution in [1.29, 1.82) is 0 Å². The van der Waals surface area contributed by atoms with Crippen LogP contribution >= 0.6 is 0 Å². The van der Waals surface area contributed by atoms with E-state index in [4.69, 9.17) is 0 Å². The van der Waals surface area contributed by atoms with Gasteiger partial charge in [0.15, 0.2) is 0 Å². The van der Waals surface area contributed by atoms with Gasteiger partial charge in [0, 0.05) is 18.6 Å². The van der Waals surface area contributed by atoms with Gasteiger partial charge in [-0.1, -0.05) is 40.5 Å². The molecule has 0 radical (unpaired) electrons. The number of nitrogens with zero attached hydrogens (tertiary/aromatic N) is 2. The van der Waals surface area contributed by atoms with Crippen molar-refractivity contribution in [2.24, 2.45) is 5.92 Å². The Morgan fingerprint density at radius 3 is 2.05 bits per heavy atom. The van der Waals surface area contributed by atoms with Crippen LogP contribution in [-0.4, -0.2) is 48.1 Å². The predicted octanol–water partition coefficient (Wildman–Crippen LogP) is 4.79. The summed E-state index contributed by atoms with van der Waals surface area (Å²) in [5.74, 6) is 0.778. The fourth-order valence-electron chi connectivity index (χ4n) is 3.82. The normalized spacial score (nSPS) is 18.3. The summed E-state index contributed by atoms with van der Waals surface area (Å²) in [4.78, 5) is 5.51. The minimum Gasteiger partial charge on any atom is -0.300 e. The summed E-state index contributed by atoms with van der Waals surface area (Å²) in [6.07, 6.45) is 9.71. The lowest BCUT2D eigenvalue weighted by Crippen LogP contribution is -2.41. The molecule has 1 aliphatic rings. The highest BCUT2D eigenvalue weighted by Gasteiger charge is 2.23. The lowest BCUT2D eigenvalue weighted by molar-refractivity contribution is 0.140. The Balaban J connectivity index is 2.43. The number of rotatable bonds is 11. The van der Waals surface area contributed by atoms with Crippen molar-refractivity contribution in [2.75, 3.05) is 26.2 Å². The zero-order valence-electron chi connectivity index (χ0n) is 15.4. The van der Waals surface area contributed by atoms with Crippen LogP contribution in [0.3, 0.4) is 0 Å². The second-order valence-electron chi connectivity index (χ2n) is 7.50. The van der Waals surface area contributed by atoms with Crippen LogP contribution in [0.4, 0.5) is 0 Å². The summed E-state index contributed by atoms with van der Waals surface area (Å²) >= 11 is 0. The lowest BCUT2D eigenvalue weighted by atomic mass is 10.1. The van der Waals surface area contributed by atoms with Crippen LogP contribution in [-0.2, 0) is 0 Å². The summed E-state index contributed by atoms with van der Waals surface area (Å²) < 4.78 is 0. The summed E-state index contributed by atoms with van der Waals surface area (Å²) in [5, 5.41) is 0. The van der Waals surface area contributed by atoms with Crippen LogP contribution in [0.2, 0.25) is 0 Å². The van der Waals surface area contributed by atoms with Crippen molar-refractivity contribution in [3.05, 3.63) is 0 Å². The van der Waals surface area contributed by atoms with E-state index in [0.29, 0.717) is 0 Å². The first-order valence-corrected chi connectivity index (χ1v) is 9.56. The first-order chi connectivity index (χ1) is 10.1. The molecule has 0 saturated heterocycles. The predicted molar refractivity (Wildman–Crippen MR) is 94.9 cm³/mol. The summed E-state index contributed by atoms with van der Waals surface area (Å²) in [5.41, 5.74) is 0. The molecule has 0 N–H and O–H groups in total. The average Bonchev–Trinajstić information content (AvgIpc) is 2.96. The quantitative estimate of drug-likeness (QED) is 0.541. The van der Waals surface area contributed by atoms with Gasteiger partial charge in [-0.2, -0.15) is 0 Å². The van der Waals surface area contributed by atoms with Crippen molar-refractivity contribution in [2.45, 2.75) is 91.6 Å². The Kier molecular flexibility index (Phi) is 9.59. The molecular weight excluding hydrogens is 256 g/mol. The van der Waals surface area contributed by atoms with Crippen LogP contribution in [0.25, 0.3) is 0 Å². The molecule has 0 heterocycles. The highest BCUT2D eigenvalue weighted by Crippen LogP contribution is 2.24. The van der Waals surface area contributed by atoms with Gasteiger partial charge in [-0.25, -0.2) is 0 Å². The van der Waals surface area contributed by atoms with E-state index in [1.165, 1.54) is 71.1 Å². The highest BCUT2D eigenvalue weighted by atomic mass is 15.2. The Morgan fingerprint density at radius 2 is 1.52 bits per heavy atom. The zero-order chi connectivity index (χ0) is 15.7. The van der Waals surface area contributed by atoms with Gasteiger partial charge in [0.2, 0.25) is 0 Å². The van der Waals surface area contributed by atoms with Crippen LogP contribution in [0, 0.1) is 5.92 Å². The maximum Gasteiger partial charge on any atom is 0.00952 e. The van der Waals surface area contributed by atoms with E-state index in [9.17, 15) is 0 Å². The minimum absolute atomic E-state index is 0.730. The second-order valence-corrected chi connectivity index (χ2v) is 7.50. The van der Waals surface area contributed by atoms with Crippen molar-refractivity contribution in [3.8, 4) is 0 Å². The van der Waals surface area contributed by atoms with Crippen LogP contribution in [0.1, 0.15) is 79.6 Å². The minimum atomic E-state index is 0.730. The Hall–Kier alpha value is -0.0800. The van der Waals surface area contributed by atoms with E-state index in [1.54, 1.807) is 0 Å². The van der Waals surface area contributed by atoms with E-state index in [2.05, 4.69) is 44.4 Å². The first-order valence-electron chi connectivity index (χ1n) is 9.56. The molecule has 2 heteroatoms. The van der Waals surface area contributed by atoms with Crippen molar-refractivity contribution < 1.29 is 0 Å². The summed E-state index contributed by atoms with van der Waals surface area (Å²) in [6.45, 7) is 16.9. The number of hydrogen-bond acceptors (Lipinski definition) is 2. The smallest absolute Gasteiger partial charge is 0.00952 e. The van der Waals surface area contributed by atoms with E-state index in [-0.39, 0.29) is 0 Å². The molecule has 0 aromatic rings. The topological polar surface area (TPSA) is 6.48 Å². The van der Waals surface area contributed by atoms with E-state index in [0.717, 1.165) is 18.0 Å². The molecule has 1 aliphatic carbocycles. The standard InChI is InChI=1S/C19H40N2/c1-6-13-20(19-10-8-9-11-19)15-12-18(5)21(14-7-2)16-17(3)4/h17-19H,6-16H2,1-5H3. The highest BCUT2D eigenvalue weighted by molar-refractivity contribution is 4.79. The molecule has 1 fully saturated rings. The molecule has 0 aromatic carbocycles. The van der Waals surface area contributed by atoms with E-state index in [1.807, 2.05) is 0 Å². The molecule has 0 aromatic heterocycles. The lowest BCUT2D eigenvalue weighted by Gasteiger charge is -2.34. The molecule has 0 bridgehead atoms. The molecular formula is C19H40N2. The Labute approximate surface area is 134 Å². The second kappa shape index (κ2) is 10.6. The maximum absolute atomic E-state index is 2.79. The monoisotopic (exact) mass is 296 g/mol. The van der Waals surface area contributed by atoms with Crippen molar-refractivity contribution in [1.82, 2.24) is 9.80 Å². The van der Waals surface area contributed by atoms with Gasteiger partial charge in [-0.15, -0.1) is 0 Å². The van der Waals surface area contributed by atoms with Gasteiger partial charge in [-0.05, 0) is 64.6 Å². The van der Waals surface area contributed by atoms with Crippen LogP contribution in [0.15, 0.2) is 0 Å². The van der Waals surface area contributed by atoms with Gasteiger partial charge >= 0.3 is 0 Å². The largest absolute Gasteiger partial charge is 0.300 e. The fourth-order valence-corrected chi connectivity index (χ4v) is 3.82. The van der Waals surface area contributed by atoms with Crippen LogP contribution in [0.5, 0.6) is 0 Å². The fraction of sp³-hybridized carbons (Fsp3) is 1.00. The van der Waals surface area contributed by atoms with Crippen molar-refractivity contribution >= 4 is 0 Å². The van der Waals surface area contributed by atoms with E-state index < -0.39 is 0 Å². The third-order valence-electron chi connectivity index (χ3n) is 4.92. The number of hydrogen-bond donors (Lipinski definition) is 0. The molecule has 126 valence electrons. The molecule has 1 saturated carbocycles. The van der Waals surface area contributed by atoms with Crippen molar-refractivity contribution in [3.63, 3.8) is 0 Å². The molecule has 0 aliphatic heterocycles. The molecule has 1 rings (SSSR count). The van der Waals surface area contributed by atoms with Gasteiger partial charge < -0.3 is 9.80 Å². The maximum atomic E-state index is 2.79. The zero-order valence-corrected chi connectivity index (χ0v) is 15.4. The Morgan fingerprint density at radius 1 is 0.905 bits per heavy atom. The average molecular weight is 297 g/mol. The van der Waals surface area contributed by atoms with E-state index >= 15 is 0 Å². The summed E-state index contributed by atoms with van der Waals surface area (Å²) in [6, 6.07) is 1.62. The van der Waals surface area contributed by atoms with Gasteiger partial charge in [0.1, 0.15) is 0 Å². The van der Waals surface area contributed by atoms with Crippen LogP contribution < -0.4 is 0 Å². The van der Waals surface area contributed by atoms with Gasteiger partial charge in [0.05, 0.1) is 0 Å². The molecule has 0 spiro atoms. The SMILES string of the molecule is CCCN(CC(C)C)C(C)CCN(CCC)C1CCCC1. The molecule has 1 unspecified atom stereocenters. The Bertz CT molecular complexity index is 246.